The average Bonchev–Trinajstić information content (AvgIpc) is 2.43. The Balaban J connectivity index is 2.45. The molecule has 0 unspecified atom stereocenters. The molecule has 0 heterocycles. The smallest absolute Gasteiger partial charge is 0.0571 e. The zero-order chi connectivity index (χ0) is 13.5. The summed E-state index contributed by atoms with van der Waals surface area (Å²) in [4.78, 5) is 0. The predicted octanol–water partition coefficient (Wildman–Crippen LogP) is 4.07. The quantitative estimate of drug-likeness (QED) is 0.719. The Labute approximate surface area is 112 Å². The molecule has 0 saturated carbocycles. The number of hydrogen-bond donors (Lipinski definition) is 1. The third-order valence-electron chi connectivity index (χ3n) is 4.21. The van der Waals surface area contributed by atoms with Crippen LogP contribution in [0.3, 0.4) is 0 Å². The van der Waals surface area contributed by atoms with Crippen LogP contribution in [0.5, 0.6) is 0 Å². The first kappa shape index (κ1) is 15.0. The number of allylic oxidation sites excluding steroid dienone is 1. The predicted molar refractivity (Wildman–Crippen MR) is 78.5 cm³/mol. The second-order valence-electron chi connectivity index (χ2n) is 5.40. The van der Waals surface area contributed by atoms with Crippen LogP contribution in [0.25, 0.3) is 0 Å². The summed E-state index contributed by atoms with van der Waals surface area (Å²) in [5.41, 5.74) is 1.30. The third kappa shape index (κ3) is 4.30. The standard InChI is InChI=1S/C17H26O/c1-5-13(2)14(3)15(4)17(18)12-11-16-9-7-6-8-10-16/h5-10,13-15,17-18H,1,11-12H2,2-4H3/t13-,14-,15-,17-/m0/s1. The van der Waals surface area contributed by atoms with Crippen molar-refractivity contribution in [3.8, 4) is 0 Å². The fraction of sp³-hybridized carbons (Fsp3) is 0.529. The fourth-order valence-electron chi connectivity index (χ4n) is 2.27. The summed E-state index contributed by atoms with van der Waals surface area (Å²) in [6, 6.07) is 10.4. The maximum absolute atomic E-state index is 10.3. The number of aliphatic hydroxyl groups is 1. The molecule has 1 aromatic carbocycles. The van der Waals surface area contributed by atoms with E-state index in [-0.39, 0.29) is 6.10 Å². The van der Waals surface area contributed by atoms with Crippen LogP contribution >= 0.6 is 0 Å². The van der Waals surface area contributed by atoms with E-state index in [1.807, 2.05) is 24.3 Å². The van der Waals surface area contributed by atoms with Gasteiger partial charge in [0.25, 0.3) is 0 Å². The summed E-state index contributed by atoms with van der Waals surface area (Å²) in [7, 11) is 0. The molecule has 1 nitrogen and oxygen atoms in total. The minimum absolute atomic E-state index is 0.234. The summed E-state index contributed by atoms with van der Waals surface area (Å²) in [5.74, 6) is 1.22. The van der Waals surface area contributed by atoms with E-state index in [1.54, 1.807) is 0 Å². The number of hydrogen-bond acceptors (Lipinski definition) is 1. The monoisotopic (exact) mass is 246 g/mol. The summed E-state index contributed by atoms with van der Waals surface area (Å²) in [5, 5.41) is 10.3. The van der Waals surface area contributed by atoms with Gasteiger partial charge in [0.15, 0.2) is 0 Å². The number of aliphatic hydroxyl groups excluding tert-OH is 1. The molecule has 100 valence electrons. The Morgan fingerprint density at radius 2 is 1.72 bits per heavy atom. The van der Waals surface area contributed by atoms with Gasteiger partial charge >= 0.3 is 0 Å². The van der Waals surface area contributed by atoms with Crippen molar-refractivity contribution in [2.45, 2.75) is 39.7 Å². The lowest BCUT2D eigenvalue weighted by Gasteiger charge is -2.28. The minimum Gasteiger partial charge on any atom is -0.393 e. The second kappa shape index (κ2) is 7.38. The zero-order valence-electron chi connectivity index (χ0n) is 11.8. The molecule has 0 bridgehead atoms. The van der Waals surface area contributed by atoms with E-state index in [9.17, 15) is 5.11 Å². The fourth-order valence-corrected chi connectivity index (χ4v) is 2.27. The maximum Gasteiger partial charge on any atom is 0.0571 e. The van der Waals surface area contributed by atoms with Crippen LogP contribution in [0.1, 0.15) is 32.8 Å². The van der Waals surface area contributed by atoms with Crippen molar-refractivity contribution in [3.63, 3.8) is 0 Å². The van der Waals surface area contributed by atoms with Crippen LogP contribution in [0, 0.1) is 17.8 Å². The highest BCUT2D eigenvalue weighted by atomic mass is 16.3. The van der Waals surface area contributed by atoms with Gasteiger partial charge in [0.2, 0.25) is 0 Å². The van der Waals surface area contributed by atoms with E-state index in [1.165, 1.54) is 5.56 Å². The van der Waals surface area contributed by atoms with Crippen molar-refractivity contribution < 1.29 is 5.11 Å². The lowest BCUT2D eigenvalue weighted by Crippen LogP contribution is -2.27. The Morgan fingerprint density at radius 3 is 2.28 bits per heavy atom. The van der Waals surface area contributed by atoms with Crippen molar-refractivity contribution in [1.82, 2.24) is 0 Å². The summed E-state index contributed by atoms with van der Waals surface area (Å²) < 4.78 is 0. The second-order valence-corrected chi connectivity index (χ2v) is 5.40. The third-order valence-corrected chi connectivity index (χ3v) is 4.21. The first-order valence-corrected chi connectivity index (χ1v) is 6.90. The molecule has 0 aromatic heterocycles. The van der Waals surface area contributed by atoms with Crippen molar-refractivity contribution in [2.24, 2.45) is 17.8 Å². The lowest BCUT2D eigenvalue weighted by molar-refractivity contribution is 0.0699. The van der Waals surface area contributed by atoms with E-state index in [4.69, 9.17) is 0 Å². The Bertz CT molecular complexity index is 344. The minimum atomic E-state index is -0.234. The van der Waals surface area contributed by atoms with Gasteiger partial charge in [0.05, 0.1) is 6.10 Å². The highest BCUT2D eigenvalue weighted by Gasteiger charge is 2.23. The van der Waals surface area contributed by atoms with E-state index < -0.39 is 0 Å². The molecule has 0 fully saturated rings. The number of benzene rings is 1. The first-order valence-electron chi connectivity index (χ1n) is 6.90. The molecule has 0 spiro atoms. The molecule has 1 heteroatoms. The van der Waals surface area contributed by atoms with Gasteiger partial charge < -0.3 is 5.11 Å². The molecule has 1 aromatic rings. The van der Waals surface area contributed by atoms with Gasteiger partial charge in [-0.25, -0.2) is 0 Å². The molecule has 1 rings (SSSR count). The topological polar surface area (TPSA) is 20.2 Å². The summed E-state index contributed by atoms with van der Waals surface area (Å²) in [6.45, 7) is 10.3. The van der Waals surface area contributed by atoms with Crippen LogP contribution < -0.4 is 0 Å². The van der Waals surface area contributed by atoms with E-state index >= 15 is 0 Å². The lowest BCUT2D eigenvalue weighted by atomic mass is 9.80. The van der Waals surface area contributed by atoms with Crippen molar-refractivity contribution in [2.75, 3.05) is 0 Å². The molecule has 4 atom stereocenters. The highest BCUT2D eigenvalue weighted by Crippen LogP contribution is 2.26. The van der Waals surface area contributed by atoms with Crippen LogP contribution in [-0.4, -0.2) is 11.2 Å². The summed E-state index contributed by atoms with van der Waals surface area (Å²) >= 11 is 0. The van der Waals surface area contributed by atoms with Crippen molar-refractivity contribution in [1.29, 1.82) is 0 Å². The molecule has 0 amide bonds. The van der Waals surface area contributed by atoms with Crippen molar-refractivity contribution >= 4 is 0 Å². The zero-order valence-corrected chi connectivity index (χ0v) is 11.8. The average molecular weight is 246 g/mol. The number of rotatable bonds is 7. The molecule has 0 aliphatic heterocycles. The molecule has 1 N–H and O–H groups in total. The van der Waals surface area contributed by atoms with Gasteiger partial charge in [-0.3, -0.25) is 0 Å². The number of aryl methyl sites for hydroxylation is 1. The SMILES string of the molecule is C=C[C@H](C)[C@H](C)[C@H](C)[C@@H](O)CCc1ccccc1. The Hall–Kier alpha value is -1.08. The van der Waals surface area contributed by atoms with E-state index in [2.05, 4.69) is 39.5 Å². The van der Waals surface area contributed by atoms with E-state index in [0.717, 1.165) is 12.8 Å². The maximum atomic E-state index is 10.3. The molecule has 0 radical (unpaired) electrons. The van der Waals surface area contributed by atoms with Gasteiger partial charge in [0.1, 0.15) is 0 Å². The largest absolute Gasteiger partial charge is 0.393 e. The van der Waals surface area contributed by atoms with Crippen molar-refractivity contribution in [3.05, 3.63) is 48.6 Å². The normalized spacial score (nSPS) is 17.8. The molecule has 0 saturated heterocycles. The molecular weight excluding hydrogens is 220 g/mol. The van der Waals surface area contributed by atoms with Gasteiger partial charge in [-0.05, 0) is 36.2 Å². The van der Waals surface area contributed by atoms with Crippen LogP contribution in [0.4, 0.5) is 0 Å². The van der Waals surface area contributed by atoms with Gasteiger partial charge in [0, 0.05) is 0 Å². The van der Waals surface area contributed by atoms with Crippen LogP contribution in [0.2, 0.25) is 0 Å². The van der Waals surface area contributed by atoms with Gasteiger partial charge in [-0.1, -0.05) is 57.2 Å². The summed E-state index contributed by atoms with van der Waals surface area (Å²) in [6.07, 6.45) is 3.52. The van der Waals surface area contributed by atoms with Crippen LogP contribution in [-0.2, 0) is 6.42 Å². The Kier molecular flexibility index (Phi) is 6.14. The molecule has 0 aliphatic rings. The molecule has 0 aliphatic carbocycles. The highest BCUT2D eigenvalue weighted by molar-refractivity contribution is 5.14. The Morgan fingerprint density at radius 1 is 1.11 bits per heavy atom. The van der Waals surface area contributed by atoms with Crippen LogP contribution in [0.15, 0.2) is 43.0 Å². The first-order chi connectivity index (χ1) is 8.56. The molecule has 18 heavy (non-hydrogen) atoms. The van der Waals surface area contributed by atoms with E-state index in [0.29, 0.717) is 17.8 Å². The molecular formula is C17H26O. The van der Waals surface area contributed by atoms with Gasteiger partial charge in [-0.2, -0.15) is 0 Å². The van der Waals surface area contributed by atoms with Gasteiger partial charge in [-0.15, -0.1) is 6.58 Å².